The number of fused-ring (bicyclic) bond motifs is 1. The van der Waals surface area contributed by atoms with Crippen molar-refractivity contribution in [2.24, 2.45) is 23.7 Å². The molecule has 0 aromatic heterocycles. The van der Waals surface area contributed by atoms with Crippen molar-refractivity contribution in [3.63, 3.8) is 0 Å². The van der Waals surface area contributed by atoms with Crippen LogP contribution in [0.3, 0.4) is 0 Å². The highest BCUT2D eigenvalue weighted by atomic mass is 35.5. The lowest BCUT2D eigenvalue weighted by Crippen LogP contribution is -2.36. The molecule has 2 aliphatic rings. The minimum atomic E-state index is -0.347. The number of hydrogen-bond acceptors (Lipinski definition) is 1. The third-order valence-electron chi connectivity index (χ3n) is 4.67. The summed E-state index contributed by atoms with van der Waals surface area (Å²) in [7, 11) is 0. The maximum Gasteiger partial charge on any atom is 0.248 e. The van der Waals surface area contributed by atoms with Gasteiger partial charge in [0.1, 0.15) is 0 Å². The predicted octanol–water partition coefficient (Wildman–Crippen LogP) is 4.33. The molecule has 2 rings (SSSR count). The van der Waals surface area contributed by atoms with Crippen LogP contribution in [0.4, 0.5) is 0 Å². The minimum Gasteiger partial charge on any atom is -0.276 e. The van der Waals surface area contributed by atoms with Crippen molar-refractivity contribution >= 4 is 16.8 Å². The second kappa shape index (κ2) is 4.97. The fourth-order valence-electron chi connectivity index (χ4n) is 3.60. The Morgan fingerprint density at radius 3 is 2.76 bits per heavy atom. The highest BCUT2D eigenvalue weighted by Crippen LogP contribution is 2.47. The van der Waals surface area contributed by atoms with Crippen molar-refractivity contribution in [3.05, 3.63) is 23.8 Å². The summed E-state index contributed by atoms with van der Waals surface area (Å²) in [6, 6.07) is 0. The van der Waals surface area contributed by atoms with E-state index in [4.69, 9.17) is 11.6 Å². The molecular formula is C15H21ClO. The van der Waals surface area contributed by atoms with Crippen LogP contribution in [-0.4, -0.2) is 5.24 Å². The zero-order valence-corrected chi connectivity index (χ0v) is 11.5. The zero-order valence-electron chi connectivity index (χ0n) is 10.7. The van der Waals surface area contributed by atoms with Gasteiger partial charge in [0, 0.05) is 5.57 Å². The van der Waals surface area contributed by atoms with Gasteiger partial charge >= 0.3 is 0 Å². The molecule has 2 heteroatoms. The van der Waals surface area contributed by atoms with Gasteiger partial charge in [-0.25, -0.2) is 0 Å². The number of rotatable bonds is 2. The molecule has 0 bridgehead atoms. The zero-order chi connectivity index (χ0) is 12.6. The maximum atomic E-state index is 11.3. The van der Waals surface area contributed by atoms with Crippen LogP contribution in [0.1, 0.15) is 39.5 Å². The predicted molar refractivity (Wildman–Crippen MR) is 71.9 cm³/mol. The number of allylic oxidation sites excluding steroid dienone is 3. The fraction of sp³-hybridized carbons (Fsp3) is 0.667. The number of carbonyl (C=O) groups is 1. The lowest BCUT2D eigenvalue weighted by Gasteiger charge is -2.43. The van der Waals surface area contributed by atoms with Crippen LogP contribution >= 0.6 is 11.6 Å². The smallest absolute Gasteiger partial charge is 0.248 e. The van der Waals surface area contributed by atoms with Crippen LogP contribution in [0.2, 0.25) is 0 Å². The summed E-state index contributed by atoms with van der Waals surface area (Å²) in [5.74, 6) is 2.24. The van der Waals surface area contributed by atoms with Gasteiger partial charge in [0.25, 0.3) is 0 Å². The van der Waals surface area contributed by atoms with Gasteiger partial charge in [-0.2, -0.15) is 0 Å². The number of carbonyl (C=O) groups excluding carboxylic acids is 1. The molecular weight excluding hydrogens is 232 g/mol. The van der Waals surface area contributed by atoms with Crippen molar-refractivity contribution in [1.82, 2.24) is 0 Å². The summed E-state index contributed by atoms with van der Waals surface area (Å²) in [5, 5.41) is -0.347. The van der Waals surface area contributed by atoms with Gasteiger partial charge in [0.2, 0.25) is 5.24 Å². The Bertz CT molecular complexity index is 369. The van der Waals surface area contributed by atoms with E-state index in [9.17, 15) is 4.79 Å². The van der Waals surface area contributed by atoms with Crippen LogP contribution in [0.5, 0.6) is 0 Å². The number of hydrogen-bond donors (Lipinski definition) is 0. The molecule has 0 unspecified atom stereocenters. The monoisotopic (exact) mass is 252 g/mol. The highest BCUT2D eigenvalue weighted by molar-refractivity contribution is 6.67. The molecule has 0 heterocycles. The minimum absolute atomic E-state index is 0.274. The van der Waals surface area contributed by atoms with Gasteiger partial charge in [-0.15, -0.1) is 0 Å². The SMILES string of the molecule is C=C(C(=O)Cl)[C@@H]1CC[C@@H](C)[C@@H]2CCC(C)=C[C@@H]21. The Morgan fingerprint density at radius 1 is 1.41 bits per heavy atom. The molecule has 1 fully saturated rings. The Morgan fingerprint density at radius 2 is 2.12 bits per heavy atom. The standard InChI is InChI=1S/C15H21ClO/c1-9-4-6-12-10(2)5-7-13(14(12)8-9)11(3)15(16)17/h8,10,12-14H,3-7H2,1-2H3/t10-,12+,13+,14+/m1/s1. The van der Waals surface area contributed by atoms with Crippen molar-refractivity contribution in [2.75, 3.05) is 0 Å². The quantitative estimate of drug-likeness (QED) is 0.406. The third kappa shape index (κ3) is 2.49. The summed E-state index contributed by atoms with van der Waals surface area (Å²) < 4.78 is 0. The van der Waals surface area contributed by atoms with Crippen molar-refractivity contribution < 1.29 is 4.79 Å². The first-order chi connectivity index (χ1) is 8.00. The van der Waals surface area contributed by atoms with Crippen molar-refractivity contribution in [3.8, 4) is 0 Å². The normalized spacial score (nSPS) is 37.0. The Kier molecular flexibility index (Phi) is 3.77. The summed E-state index contributed by atoms with van der Waals surface area (Å²) in [6.45, 7) is 8.44. The topological polar surface area (TPSA) is 17.1 Å². The van der Waals surface area contributed by atoms with Crippen LogP contribution in [0, 0.1) is 23.7 Å². The largest absolute Gasteiger partial charge is 0.276 e. The van der Waals surface area contributed by atoms with Crippen LogP contribution in [0.25, 0.3) is 0 Å². The van der Waals surface area contributed by atoms with E-state index in [0.29, 0.717) is 17.4 Å². The Hall–Kier alpha value is -0.560. The summed E-state index contributed by atoms with van der Waals surface area (Å²) in [6.07, 6.45) is 7.10. The van der Waals surface area contributed by atoms with E-state index in [2.05, 4.69) is 26.5 Å². The summed E-state index contributed by atoms with van der Waals surface area (Å²) in [5.41, 5.74) is 2.08. The molecule has 0 amide bonds. The molecule has 17 heavy (non-hydrogen) atoms. The molecule has 4 atom stereocenters. The first-order valence-electron chi connectivity index (χ1n) is 6.56. The van der Waals surface area contributed by atoms with E-state index < -0.39 is 0 Å². The van der Waals surface area contributed by atoms with Gasteiger partial charge in [0.05, 0.1) is 0 Å². The van der Waals surface area contributed by atoms with Gasteiger partial charge in [-0.1, -0.05) is 25.2 Å². The van der Waals surface area contributed by atoms with Crippen molar-refractivity contribution in [1.29, 1.82) is 0 Å². The molecule has 0 radical (unpaired) electrons. The second-order valence-electron chi connectivity index (χ2n) is 5.75. The first-order valence-corrected chi connectivity index (χ1v) is 6.94. The molecule has 94 valence electrons. The highest BCUT2D eigenvalue weighted by Gasteiger charge is 2.39. The summed E-state index contributed by atoms with van der Waals surface area (Å²) in [4.78, 5) is 11.3. The lowest BCUT2D eigenvalue weighted by molar-refractivity contribution is -0.109. The van der Waals surface area contributed by atoms with Gasteiger partial charge < -0.3 is 0 Å². The second-order valence-corrected chi connectivity index (χ2v) is 6.10. The van der Waals surface area contributed by atoms with E-state index in [0.717, 1.165) is 12.3 Å². The molecule has 1 saturated carbocycles. The molecule has 1 nitrogen and oxygen atoms in total. The van der Waals surface area contributed by atoms with Crippen LogP contribution < -0.4 is 0 Å². The molecule has 0 saturated heterocycles. The lowest BCUT2D eigenvalue weighted by atomic mass is 9.61. The van der Waals surface area contributed by atoms with Crippen LogP contribution in [0.15, 0.2) is 23.8 Å². The summed E-state index contributed by atoms with van der Waals surface area (Å²) >= 11 is 5.61. The maximum absolute atomic E-state index is 11.3. The Balaban J connectivity index is 2.26. The first kappa shape index (κ1) is 12.9. The Labute approximate surface area is 109 Å². The van der Waals surface area contributed by atoms with Gasteiger partial charge in [-0.05, 0) is 67.9 Å². The molecule has 2 aliphatic carbocycles. The van der Waals surface area contributed by atoms with E-state index in [1.165, 1.54) is 24.8 Å². The van der Waals surface area contributed by atoms with E-state index in [1.54, 1.807) is 0 Å². The third-order valence-corrected chi connectivity index (χ3v) is 4.91. The molecule has 0 spiro atoms. The average Bonchev–Trinajstić information content (AvgIpc) is 2.28. The van der Waals surface area contributed by atoms with Gasteiger partial charge in [0.15, 0.2) is 0 Å². The number of halogens is 1. The van der Waals surface area contributed by atoms with E-state index in [-0.39, 0.29) is 11.2 Å². The molecule has 0 aromatic carbocycles. The van der Waals surface area contributed by atoms with E-state index in [1.807, 2.05) is 0 Å². The van der Waals surface area contributed by atoms with Crippen LogP contribution in [-0.2, 0) is 4.79 Å². The molecule has 0 N–H and O–H groups in total. The van der Waals surface area contributed by atoms with E-state index >= 15 is 0 Å². The fourth-order valence-corrected chi connectivity index (χ4v) is 3.74. The molecule has 0 aliphatic heterocycles. The van der Waals surface area contributed by atoms with Crippen molar-refractivity contribution in [2.45, 2.75) is 39.5 Å². The average molecular weight is 253 g/mol. The molecule has 0 aromatic rings. The van der Waals surface area contributed by atoms with Gasteiger partial charge in [-0.3, -0.25) is 4.79 Å².